The molecular formula is C15H18Br2O. The largest absolute Gasteiger partial charge is 0.367 e. The third-order valence-corrected chi connectivity index (χ3v) is 8.90. The first-order valence-corrected chi connectivity index (χ1v) is 9.86. The van der Waals surface area contributed by atoms with Gasteiger partial charge in [-0.05, 0) is 66.6 Å². The van der Waals surface area contributed by atoms with Crippen LogP contribution in [0.5, 0.6) is 0 Å². The van der Waals surface area contributed by atoms with Crippen LogP contribution < -0.4 is 0 Å². The van der Waals surface area contributed by atoms with E-state index in [0.717, 1.165) is 58.0 Å². The lowest BCUT2D eigenvalue weighted by Gasteiger charge is -2.47. The summed E-state index contributed by atoms with van der Waals surface area (Å²) in [4.78, 5) is 0. The lowest BCUT2D eigenvalue weighted by Crippen LogP contribution is -2.51. The van der Waals surface area contributed by atoms with Gasteiger partial charge in [-0.25, -0.2) is 0 Å². The summed E-state index contributed by atoms with van der Waals surface area (Å²) in [5, 5.41) is 2.28. The molecule has 98 valence electrons. The van der Waals surface area contributed by atoms with Crippen molar-refractivity contribution in [3.63, 3.8) is 0 Å². The maximum atomic E-state index is 6.96. The molecule has 7 fully saturated rings. The van der Waals surface area contributed by atoms with Gasteiger partial charge in [-0.1, -0.05) is 31.9 Å². The van der Waals surface area contributed by atoms with E-state index in [9.17, 15) is 0 Å². The molecule has 18 heavy (non-hydrogen) atoms. The molecule has 0 radical (unpaired) electrons. The first-order chi connectivity index (χ1) is 8.80. The molecule has 1 nitrogen and oxygen atoms in total. The predicted octanol–water partition coefficient (Wildman–Crippen LogP) is 3.45. The van der Waals surface area contributed by atoms with Gasteiger partial charge in [0, 0.05) is 10.7 Å². The van der Waals surface area contributed by atoms with E-state index in [-0.39, 0.29) is 0 Å². The van der Waals surface area contributed by atoms with Crippen LogP contribution in [0.2, 0.25) is 0 Å². The van der Waals surface area contributed by atoms with Crippen LogP contribution in [0.15, 0.2) is 0 Å². The normalized spacial score (nSPS) is 75.0. The Kier molecular flexibility index (Phi) is 1.64. The first-order valence-electron chi connectivity index (χ1n) is 7.62. The third kappa shape index (κ3) is 0.689. The third-order valence-electron chi connectivity index (χ3n) is 8.11. The molecule has 0 amide bonds. The van der Waals surface area contributed by atoms with Gasteiger partial charge in [0.2, 0.25) is 0 Å². The Hall–Kier alpha value is 0.920. The molecule has 4 bridgehead atoms. The topological polar surface area (TPSA) is 9.23 Å². The SMILES string of the molecule is BrCC[C@@]12O[C@]3(CCBr)[C@@H]4[C@@H]5C[C@@H]([C@@H]6[C@H]5[C@H]3[C@@H]61)[C@@H]42. The summed E-state index contributed by atoms with van der Waals surface area (Å²) in [5.74, 6) is 8.21. The van der Waals surface area contributed by atoms with Gasteiger partial charge >= 0.3 is 0 Å². The fraction of sp³-hybridized carbons (Fsp3) is 1.00. The second-order valence-electron chi connectivity index (χ2n) is 7.71. The van der Waals surface area contributed by atoms with Crippen LogP contribution >= 0.6 is 31.9 Å². The summed E-state index contributed by atoms with van der Waals surface area (Å²) in [6.07, 6.45) is 4.15. The molecule has 5 saturated carbocycles. The van der Waals surface area contributed by atoms with Crippen molar-refractivity contribution in [1.29, 1.82) is 0 Å². The Morgan fingerprint density at radius 1 is 0.833 bits per heavy atom. The van der Waals surface area contributed by atoms with Crippen molar-refractivity contribution in [3.05, 3.63) is 0 Å². The maximum absolute atomic E-state index is 6.96. The number of hydrogen-bond donors (Lipinski definition) is 0. The Balaban J connectivity index is 1.59. The number of alkyl halides is 2. The summed E-state index contributed by atoms with van der Waals surface area (Å²) < 4.78 is 6.96. The fourth-order valence-corrected chi connectivity index (χ4v) is 9.81. The highest BCUT2D eigenvalue weighted by atomic mass is 79.9. The molecule has 7 aliphatic rings. The summed E-state index contributed by atoms with van der Waals surface area (Å²) in [5.41, 5.74) is 0.663. The summed E-state index contributed by atoms with van der Waals surface area (Å²) >= 11 is 7.41. The van der Waals surface area contributed by atoms with Gasteiger partial charge in [-0.2, -0.15) is 0 Å². The average molecular weight is 374 g/mol. The number of ether oxygens (including phenoxy) is 1. The molecule has 2 aliphatic heterocycles. The van der Waals surface area contributed by atoms with Crippen molar-refractivity contribution in [2.75, 3.05) is 10.7 Å². The zero-order chi connectivity index (χ0) is 11.9. The van der Waals surface area contributed by atoms with Crippen LogP contribution in [0.3, 0.4) is 0 Å². The minimum atomic E-state index is 0.331. The zero-order valence-corrected chi connectivity index (χ0v) is 13.5. The maximum Gasteiger partial charge on any atom is 0.0767 e. The molecule has 0 aromatic heterocycles. The standard InChI is InChI=1S/C15H18Br2O/c16-3-1-14-10-6-5-7-9-8(6)12(14)13(9)15(18-14,2-4-17)11(7)10/h6-13H,1-5H2/t6-,7+,8+,9-,10-,11+,12+,13-,14-,15+. The van der Waals surface area contributed by atoms with E-state index in [1.807, 2.05) is 0 Å². The number of halogens is 2. The van der Waals surface area contributed by atoms with E-state index in [2.05, 4.69) is 31.9 Å². The van der Waals surface area contributed by atoms with Crippen LogP contribution in [0, 0.1) is 47.3 Å². The van der Waals surface area contributed by atoms with Gasteiger partial charge in [0.1, 0.15) is 0 Å². The summed E-state index contributed by atoms with van der Waals surface area (Å²) in [6, 6.07) is 0. The molecular weight excluding hydrogens is 356 g/mol. The lowest BCUT2D eigenvalue weighted by molar-refractivity contribution is -0.0738. The summed E-state index contributed by atoms with van der Waals surface area (Å²) in [6.45, 7) is 0. The van der Waals surface area contributed by atoms with E-state index in [4.69, 9.17) is 4.74 Å². The van der Waals surface area contributed by atoms with Gasteiger partial charge in [0.25, 0.3) is 0 Å². The smallest absolute Gasteiger partial charge is 0.0767 e. The van der Waals surface area contributed by atoms with Gasteiger partial charge in [0.15, 0.2) is 0 Å². The molecule has 0 aromatic rings. The highest BCUT2D eigenvalue weighted by Crippen LogP contribution is 2.93. The van der Waals surface area contributed by atoms with Crippen LogP contribution in [-0.2, 0) is 4.74 Å². The van der Waals surface area contributed by atoms with Gasteiger partial charge < -0.3 is 4.74 Å². The predicted molar refractivity (Wildman–Crippen MR) is 75.9 cm³/mol. The molecule has 0 aromatic carbocycles. The average Bonchev–Trinajstić information content (AvgIpc) is 2.90. The van der Waals surface area contributed by atoms with Crippen molar-refractivity contribution >= 4 is 31.9 Å². The quantitative estimate of drug-likeness (QED) is 0.686. The van der Waals surface area contributed by atoms with Crippen molar-refractivity contribution in [2.24, 2.45) is 47.3 Å². The van der Waals surface area contributed by atoms with Crippen LogP contribution in [0.1, 0.15) is 19.3 Å². The molecule has 10 atom stereocenters. The Morgan fingerprint density at radius 2 is 1.33 bits per heavy atom. The monoisotopic (exact) mass is 372 g/mol. The van der Waals surface area contributed by atoms with Crippen molar-refractivity contribution in [2.45, 2.75) is 30.5 Å². The van der Waals surface area contributed by atoms with Crippen molar-refractivity contribution < 1.29 is 4.74 Å². The lowest BCUT2D eigenvalue weighted by atomic mass is 9.54. The van der Waals surface area contributed by atoms with E-state index in [1.165, 1.54) is 12.8 Å². The molecule has 7 rings (SSSR count). The molecule has 2 saturated heterocycles. The van der Waals surface area contributed by atoms with Gasteiger partial charge in [0.05, 0.1) is 11.2 Å². The second-order valence-corrected chi connectivity index (χ2v) is 9.30. The molecule has 5 aliphatic carbocycles. The number of rotatable bonds is 4. The Bertz CT molecular complexity index is 423. The highest BCUT2D eigenvalue weighted by molar-refractivity contribution is 9.09. The Labute approximate surface area is 125 Å². The van der Waals surface area contributed by atoms with E-state index >= 15 is 0 Å². The van der Waals surface area contributed by atoms with Crippen molar-refractivity contribution in [3.8, 4) is 0 Å². The minimum absolute atomic E-state index is 0.331. The van der Waals surface area contributed by atoms with Crippen molar-refractivity contribution in [1.82, 2.24) is 0 Å². The van der Waals surface area contributed by atoms with Gasteiger partial charge in [-0.3, -0.25) is 0 Å². The molecule has 3 heteroatoms. The van der Waals surface area contributed by atoms with E-state index < -0.39 is 0 Å². The van der Waals surface area contributed by atoms with Crippen LogP contribution in [0.4, 0.5) is 0 Å². The molecule has 0 unspecified atom stereocenters. The number of hydrogen-bond acceptors (Lipinski definition) is 1. The second kappa shape index (κ2) is 2.78. The highest BCUT2D eigenvalue weighted by Gasteiger charge is 2.96. The van der Waals surface area contributed by atoms with E-state index in [1.54, 1.807) is 6.42 Å². The zero-order valence-electron chi connectivity index (χ0n) is 10.3. The fourth-order valence-electron chi connectivity index (χ4n) is 8.58. The van der Waals surface area contributed by atoms with Crippen LogP contribution in [-0.4, -0.2) is 21.9 Å². The molecule has 0 N–H and O–H groups in total. The molecule has 0 spiro atoms. The van der Waals surface area contributed by atoms with E-state index in [0.29, 0.717) is 11.2 Å². The Morgan fingerprint density at radius 3 is 1.78 bits per heavy atom. The van der Waals surface area contributed by atoms with Crippen LogP contribution in [0.25, 0.3) is 0 Å². The first kappa shape index (κ1) is 10.6. The molecule has 2 heterocycles. The summed E-state index contributed by atoms with van der Waals surface area (Å²) in [7, 11) is 0. The minimum Gasteiger partial charge on any atom is -0.367 e. The van der Waals surface area contributed by atoms with Gasteiger partial charge in [-0.15, -0.1) is 0 Å².